The van der Waals surface area contributed by atoms with Gasteiger partial charge in [-0.1, -0.05) is 50.3 Å². The van der Waals surface area contributed by atoms with E-state index in [0.717, 1.165) is 7.11 Å². The number of methoxy groups -OCH3 is 1. The second kappa shape index (κ2) is 19.9. The molecule has 0 aromatic heterocycles. The molecule has 1 aromatic carbocycles. The lowest BCUT2D eigenvalue weighted by atomic mass is 9.86. The maximum absolute atomic E-state index is 13.5. The minimum Gasteiger partial charge on any atom is -0.481 e. The van der Waals surface area contributed by atoms with Crippen molar-refractivity contribution in [2.75, 3.05) is 13.4 Å². The Morgan fingerprint density at radius 2 is 1.51 bits per heavy atom. The molecule has 0 radical (unpaired) electrons. The minimum atomic E-state index is -2.65. The Morgan fingerprint density at radius 3 is 2.04 bits per heavy atom. The van der Waals surface area contributed by atoms with E-state index in [-0.39, 0.29) is 13.0 Å². The van der Waals surface area contributed by atoms with Gasteiger partial charge in [0.2, 0.25) is 11.8 Å². The summed E-state index contributed by atoms with van der Waals surface area (Å²) >= 11 is 0. The van der Waals surface area contributed by atoms with Crippen LogP contribution in [0.3, 0.4) is 0 Å². The topological polar surface area (TPSA) is 220 Å². The number of benzene rings is 1. The molecule has 1 unspecified atom stereocenters. The fourth-order valence-corrected chi connectivity index (χ4v) is 4.83. The number of carboxylic acids is 2. The average Bonchev–Trinajstić information content (AvgIpc) is 2.98. The van der Waals surface area contributed by atoms with Crippen molar-refractivity contribution in [2.45, 2.75) is 71.1 Å². The number of carbonyl (C=O) groups excluding carboxylic acids is 5. The monoisotopic (exact) mass is 680 g/mol. The molecule has 2 amide bonds. The number of amides is 2. The molecule has 0 fully saturated rings. The molecule has 14 nitrogen and oxygen atoms in total. The van der Waals surface area contributed by atoms with Gasteiger partial charge in [0, 0.05) is 25.0 Å². The summed E-state index contributed by atoms with van der Waals surface area (Å²) in [7, 11) is -1.55. The van der Waals surface area contributed by atoms with Crippen LogP contribution >= 0.6 is 0 Å². The van der Waals surface area contributed by atoms with Crippen molar-refractivity contribution < 1.29 is 57.5 Å². The number of esters is 2. The fourth-order valence-electron chi connectivity index (χ4n) is 4.31. The normalized spacial score (nSPS) is 15.0. The summed E-state index contributed by atoms with van der Waals surface area (Å²) in [5.74, 6) is -5.75. The first-order valence-electron chi connectivity index (χ1n) is 14.8. The Labute approximate surface area is 274 Å². The van der Waals surface area contributed by atoms with Gasteiger partial charge in [-0.3, -0.25) is 37.8 Å². The second-order valence-electron chi connectivity index (χ2n) is 11.5. The van der Waals surface area contributed by atoms with Crippen molar-refractivity contribution in [1.82, 2.24) is 10.6 Å². The maximum Gasteiger partial charge on any atom is 0.306 e. The first kappa shape index (κ1) is 40.5. The highest BCUT2D eigenvalue weighted by Crippen LogP contribution is 2.20. The van der Waals surface area contributed by atoms with Gasteiger partial charge in [0.1, 0.15) is 6.61 Å². The standard InChI is InChI=1S/C32H44N2O12S/c1-20(2)24(32(43)33-23(17-28(38)39)13-14-47(4,5)44)18-26(35)25(11-12-27(36)37)34-31(42)22(15-29(40)45-3)16-30(41)46-19-21-9-7-6-8-10-21/h6-10,13-14,20,22-25H,4,11-12,15-19H2,1-3,5H3,(H,33,43)(H,34,42)(H,36,37)(H,38,39)/b14-13+/t22-,23-,24+,25+,47?/m1/s1. The summed E-state index contributed by atoms with van der Waals surface area (Å²) in [6.07, 6.45) is -0.370. The highest BCUT2D eigenvalue weighted by atomic mass is 32.2. The zero-order valence-electron chi connectivity index (χ0n) is 27.0. The first-order chi connectivity index (χ1) is 21.9. The van der Waals surface area contributed by atoms with E-state index >= 15 is 0 Å². The zero-order chi connectivity index (χ0) is 35.7. The van der Waals surface area contributed by atoms with Crippen molar-refractivity contribution in [3.63, 3.8) is 0 Å². The summed E-state index contributed by atoms with van der Waals surface area (Å²) in [5, 5.41) is 24.7. The van der Waals surface area contributed by atoms with Crippen molar-refractivity contribution in [3.8, 4) is 0 Å². The molecule has 0 saturated heterocycles. The second-order valence-corrected chi connectivity index (χ2v) is 13.9. The molecule has 0 saturated carbocycles. The van der Waals surface area contributed by atoms with Gasteiger partial charge in [0.25, 0.3) is 0 Å². The molecule has 4 N–H and O–H groups in total. The molecule has 15 heteroatoms. The Bertz CT molecular complexity index is 1410. The number of rotatable bonds is 21. The van der Waals surface area contributed by atoms with E-state index < -0.39 is 113 Å². The number of ketones is 1. The van der Waals surface area contributed by atoms with Gasteiger partial charge in [-0.2, -0.15) is 0 Å². The molecule has 260 valence electrons. The molecule has 0 bridgehead atoms. The lowest BCUT2D eigenvalue weighted by Gasteiger charge is -2.25. The summed E-state index contributed by atoms with van der Waals surface area (Å²) in [6.45, 7) is 3.21. The summed E-state index contributed by atoms with van der Waals surface area (Å²) < 4.78 is 21.8. The number of hydrogen-bond donors (Lipinski definition) is 4. The predicted octanol–water partition coefficient (Wildman–Crippen LogP) is 1.70. The van der Waals surface area contributed by atoms with Gasteiger partial charge in [-0.15, -0.1) is 0 Å². The minimum absolute atomic E-state index is 0.0829. The summed E-state index contributed by atoms with van der Waals surface area (Å²) in [5.41, 5.74) is 0.690. The van der Waals surface area contributed by atoms with Gasteiger partial charge < -0.3 is 30.3 Å². The SMILES string of the molecule is C=S(C)(=O)/C=C/[C@H](CC(=O)O)NC(=O)[C@@H](CC(=O)[C@H](CCC(=O)O)NC(=O)[C@H](CC(=O)OC)CC(=O)OCc1ccccc1)C(C)C. The van der Waals surface area contributed by atoms with Crippen molar-refractivity contribution in [2.24, 2.45) is 17.8 Å². The van der Waals surface area contributed by atoms with E-state index in [4.69, 9.17) is 4.74 Å². The highest BCUT2D eigenvalue weighted by Gasteiger charge is 2.33. The Hall–Kier alpha value is -4.53. The quantitative estimate of drug-likeness (QED) is 0.108. The molecule has 47 heavy (non-hydrogen) atoms. The van der Waals surface area contributed by atoms with Crippen LogP contribution in [0, 0.1) is 17.8 Å². The number of carboxylic acid groups (broad SMARTS) is 2. The number of aliphatic carboxylic acids is 2. The Balaban J connectivity index is 3.16. The molecule has 0 aliphatic carbocycles. The molecule has 0 aliphatic rings. The molecule has 0 heterocycles. The third-order valence-corrected chi connectivity index (χ3v) is 7.64. The largest absolute Gasteiger partial charge is 0.481 e. The number of hydrogen-bond acceptors (Lipinski definition) is 10. The van der Waals surface area contributed by atoms with E-state index in [0.29, 0.717) is 5.56 Å². The zero-order valence-corrected chi connectivity index (χ0v) is 27.8. The van der Waals surface area contributed by atoms with Gasteiger partial charge >= 0.3 is 23.9 Å². The van der Waals surface area contributed by atoms with Gasteiger partial charge in [-0.05, 0) is 38.7 Å². The van der Waals surface area contributed by atoms with E-state index in [1.54, 1.807) is 44.2 Å². The lowest BCUT2D eigenvalue weighted by molar-refractivity contribution is -0.150. The highest BCUT2D eigenvalue weighted by molar-refractivity contribution is 8.02. The summed E-state index contributed by atoms with van der Waals surface area (Å²) in [6, 6.07) is 6.26. The molecule has 0 aliphatic heterocycles. The maximum atomic E-state index is 13.5. The van der Waals surface area contributed by atoms with E-state index in [1.165, 1.54) is 17.7 Å². The first-order valence-corrected chi connectivity index (χ1v) is 17.0. The van der Waals surface area contributed by atoms with E-state index in [1.807, 2.05) is 0 Å². The fraction of sp³-hybridized carbons (Fsp3) is 0.500. The number of carbonyl (C=O) groups is 7. The van der Waals surface area contributed by atoms with Gasteiger partial charge in [-0.25, -0.2) is 0 Å². The third kappa shape index (κ3) is 17.1. The number of Topliss-reactive ketones (excluding diaryl/α,β-unsaturated/α-hetero) is 1. The van der Waals surface area contributed by atoms with E-state index in [9.17, 15) is 48.0 Å². The predicted molar refractivity (Wildman–Crippen MR) is 172 cm³/mol. The van der Waals surface area contributed by atoms with Crippen molar-refractivity contribution in [3.05, 3.63) is 47.4 Å². The molecule has 5 atom stereocenters. The third-order valence-electron chi connectivity index (χ3n) is 6.90. The average molecular weight is 681 g/mol. The van der Waals surface area contributed by atoms with Crippen LogP contribution in [0.2, 0.25) is 0 Å². The van der Waals surface area contributed by atoms with Crippen LogP contribution in [0.15, 0.2) is 41.8 Å². The molecule has 1 aromatic rings. The van der Waals surface area contributed by atoms with Crippen LogP contribution in [0.4, 0.5) is 0 Å². The van der Waals surface area contributed by atoms with Crippen molar-refractivity contribution >= 4 is 56.9 Å². The Morgan fingerprint density at radius 1 is 0.894 bits per heavy atom. The van der Waals surface area contributed by atoms with Crippen LogP contribution in [-0.2, 0) is 59.2 Å². The van der Waals surface area contributed by atoms with Crippen LogP contribution < -0.4 is 10.6 Å². The smallest absolute Gasteiger partial charge is 0.306 e. The van der Waals surface area contributed by atoms with Crippen molar-refractivity contribution in [1.29, 1.82) is 0 Å². The number of nitrogens with one attached hydrogen (secondary N) is 2. The Kier molecular flexibility index (Phi) is 17.1. The van der Waals surface area contributed by atoms with Crippen LogP contribution in [0.5, 0.6) is 0 Å². The van der Waals surface area contributed by atoms with Crippen LogP contribution in [0.1, 0.15) is 57.9 Å². The van der Waals surface area contributed by atoms with E-state index in [2.05, 4.69) is 21.2 Å². The van der Waals surface area contributed by atoms with Gasteiger partial charge in [0.05, 0.1) is 44.4 Å². The molecular formula is C32H44N2O12S. The number of ether oxygens (including phenoxy) is 2. The lowest BCUT2D eigenvalue weighted by Crippen LogP contribution is -2.47. The van der Waals surface area contributed by atoms with Crippen LogP contribution in [0.25, 0.3) is 0 Å². The molecule has 1 rings (SSSR count). The molecular weight excluding hydrogens is 636 g/mol. The summed E-state index contributed by atoms with van der Waals surface area (Å²) in [4.78, 5) is 87.4. The van der Waals surface area contributed by atoms with Gasteiger partial charge in [0.15, 0.2) is 5.78 Å². The van der Waals surface area contributed by atoms with Crippen LogP contribution in [-0.4, -0.2) is 87.2 Å². The molecule has 0 spiro atoms.